The number of hydrogen-bond acceptors (Lipinski definition) is 3. The van der Waals surface area contributed by atoms with E-state index in [0.29, 0.717) is 0 Å². The molecule has 0 aliphatic carbocycles. The van der Waals surface area contributed by atoms with Gasteiger partial charge in [-0.1, -0.05) is 0 Å². The maximum Gasteiger partial charge on any atom is 0.330 e. The fourth-order valence-corrected chi connectivity index (χ4v) is 2.61. The first-order valence-corrected chi connectivity index (χ1v) is 7.14. The Kier molecular flexibility index (Phi) is 3.87. The fraction of sp³-hybridized carbons (Fsp3) is 0.400. The van der Waals surface area contributed by atoms with Gasteiger partial charge in [0.1, 0.15) is 0 Å². The molecule has 1 saturated heterocycles. The number of hydrogen-bond donors (Lipinski definition) is 3. The smallest absolute Gasteiger partial charge is 0.330 e. The van der Waals surface area contributed by atoms with Crippen LogP contribution in [-0.2, 0) is 0 Å². The van der Waals surface area contributed by atoms with E-state index in [1.807, 2.05) is 24.3 Å². The summed E-state index contributed by atoms with van der Waals surface area (Å²) >= 11 is 0. The molecule has 5 heteroatoms. The van der Waals surface area contributed by atoms with Crippen molar-refractivity contribution in [1.82, 2.24) is 14.9 Å². The number of imidazole rings is 1. The van der Waals surface area contributed by atoms with Gasteiger partial charge in [-0.05, 0) is 56.1 Å². The van der Waals surface area contributed by atoms with E-state index in [0.717, 1.165) is 36.9 Å². The summed E-state index contributed by atoms with van der Waals surface area (Å²) in [6.45, 7) is 3.27. The highest BCUT2D eigenvalue weighted by molar-refractivity contribution is 5.48. The van der Waals surface area contributed by atoms with Gasteiger partial charge in [0.15, 0.2) is 0 Å². The summed E-state index contributed by atoms with van der Waals surface area (Å²) < 4.78 is 1.59. The predicted octanol–water partition coefficient (Wildman–Crippen LogP) is 1.58. The highest BCUT2D eigenvalue weighted by Crippen LogP contribution is 2.15. The molecule has 1 fully saturated rings. The Hall–Kier alpha value is -2.01. The van der Waals surface area contributed by atoms with Crippen LogP contribution in [-0.4, -0.2) is 29.2 Å². The molecule has 1 aliphatic rings. The highest BCUT2D eigenvalue weighted by atomic mass is 16.1. The van der Waals surface area contributed by atoms with E-state index >= 15 is 0 Å². The summed E-state index contributed by atoms with van der Waals surface area (Å²) in [5.74, 6) is 0.753. The van der Waals surface area contributed by atoms with Crippen LogP contribution in [0.4, 0.5) is 5.69 Å². The molecule has 106 valence electrons. The number of aromatic amines is 1. The summed E-state index contributed by atoms with van der Waals surface area (Å²) in [4.78, 5) is 14.2. The van der Waals surface area contributed by atoms with E-state index < -0.39 is 0 Å². The average Bonchev–Trinajstić information content (AvgIpc) is 2.93. The van der Waals surface area contributed by atoms with Crippen molar-refractivity contribution in [2.24, 2.45) is 5.92 Å². The first kappa shape index (κ1) is 13.0. The molecule has 1 aliphatic heterocycles. The largest absolute Gasteiger partial charge is 0.385 e. The normalized spacial score (nSPS) is 16.2. The maximum absolute atomic E-state index is 11.5. The monoisotopic (exact) mass is 272 g/mol. The Morgan fingerprint density at radius 3 is 2.60 bits per heavy atom. The Labute approximate surface area is 118 Å². The molecule has 2 heterocycles. The Balaban J connectivity index is 1.61. The van der Waals surface area contributed by atoms with Gasteiger partial charge in [-0.25, -0.2) is 4.79 Å². The number of H-pyrrole nitrogens is 1. The van der Waals surface area contributed by atoms with Gasteiger partial charge in [-0.15, -0.1) is 0 Å². The number of nitrogens with one attached hydrogen (secondary N) is 3. The molecule has 0 radical (unpaired) electrons. The van der Waals surface area contributed by atoms with E-state index in [2.05, 4.69) is 15.6 Å². The molecule has 3 N–H and O–H groups in total. The van der Waals surface area contributed by atoms with Gasteiger partial charge in [-0.3, -0.25) is 4.57 Å². The molecule has 0 spiro atoms. The van der Waals surface area contributed by atoms with Crippen molar-refractivity contribution in [3.63, 3.8) is 0 Å². The lowest BCUT2D eigenvalue weighted by Gasteiger charge is -2.23. The molecule has 20 heavy (non-hydrogen) atoms. The zero-order chi connectivity index (χ0) is 13.8. The average molecular weight is 272 g/mol. The molecule has 2 aromatic rings. The van der Waals surface area contributed by atoms with Crippen molar-refractivity contribution in [3.05, 3.63) is 47.1 Å². The van der Waals surface area contributed by atoms with Crippen molar-refractivity contribution >= 4 is 5.69 Å². The highest BCUT2D eigenvalue weighted by Gasteiger charge is 2.12. The number of piperidine rings is 1. The van der Waals surface area contributed by atoms with Crippen LogP contribution >= 0.6 is 0 Å². The van der Waals surface area contributed by atoms with Crippen LogP contribution in [0.1, 0.15) is 12.8 Å². The second-order valence-corrected chi connectivity index (χ2v) is 5.26. The lowest BCUT2D eigenvalue weighted by molar-refractivity contribution is 0.390. The van der Waals surface area contributed by atoms with Crippen LogP contribution in [0, 0.1) is 5.92 Å². The van der Waals surface area contributed by atoms with E-state index in [4.69, 9.17) is 0 Å². The van der Waals surface area contributed by atoms with Crippen LogP contribution < -0.4 is 16.3 Å². The minimum atomic E-state index is -0.111. The first-order chi connectivity index (χ1) is 9.83. The third kappa shape index (κ3) is 2.93. The second-order valence-electron chi connectivity index (χ2n) is 5.26. The van der Waals surface area contributed by atoms with Crippen molar-refractivity contribution in [2.75, 3.05) is 25.0 Å². The summed E-state index contributed by atoms with van der Waals surface area (Å²) in [6.07, 6.45) is 5.86. The zero-order valence-corrected chi connectivity index (χ0v) is 11.4. The van der Waals surface area contributed by atoms with Crippen LogP contribution in [0.15, 0.2) is 41.5 Å². The second kappa shape index (κ2) is 5.96. The van der Waals surface area contributed by atoms with E-state index in [1.54, 1.807) is 17.0 Å². The maximum atomic E-state index is 11.5. The predicted molar refractivity (Wildman–Crippen MR) is 80.5 cm³/mol. The minimum absolute atomic E-state index is 0.111. The summed E-state index contributed by atoms with van der Waals surface area (Å²) in [5.41, 5.74) is 1.87. The summed E-state index contributed by atoms with van der Waals surface area (Å²) in [7, 11) is 0. The van der Waals surface area contributed by atoms with Crippen LogP contribution in [0.2, 0.25) is 0 Å². The summed E-state index contributed by atoms with van der Waals surface area (Å²) in [5, 5.41) is 6.86. The Morgan fingerprint density at radius 2 is 1.95 bits per heavy atom. The number of aromatic nitrogens is 2. The number of benzene rings is 1. The van der Waals surface area contributed by atoms with E-state index in [-0.39, 0.29) is 5.69 Å². The van der Waals surface area contributed by atoms with Crippen molar-refractivity contribution in [1.29, 1.82) is 0 Å². The molecular weight excluding hydrogens is 252 g/mol. The van der Waals surface area contributed by atoms with Gasteiger partial charge in [0, 0.05) is 24.6 Å². The van der Waals surface area contributed by atoms with E-state index in [9.17, 15) is 4.79 Å². The number of anilines is 1. The standard InChI is InChI=1S/C15H20N4O/c20-15-17-9-10-19(15)14-3-1-13(2-4-14)18-11-12-5-7-16-8-6-12/h1-4,9-10,12,16,18H,5-8,11H2,(H,17,20). The minimum Gasteiger partial charge on any atom is -0.385 e. The van der Waals surface area contributed by atoms with Crippen LogP contribution in [0.25, 0.3) is 5.69 Å². The van der Waals surface area contributed by atoms with Crippen LogP contribution in [0.5, 0.6) is 0 Å². The topological polar surface area (TPSA) is 61.9 Å². The zero-order valence-electron chi connectivity index (χ0n) is 11.4. The Morgan fingerprint density at radius 1 is 1.20 bits per heavy atom. The van der Waals surface area contributed by atoms with Gasteiger partial charge < -0.3 is 15.6 Å². The first-order valence-electron chi connectivity index (χ1n) is 7.14. The SMILES string of the molecule is O=c1[nH]ccn1-c1ccc(NCC2CCNCC2)cc1. The van der Waals surface area contributed by atoms with Gasteiger partial charge in [0.25, 0.3) is 0 Å². The molecule has 0 atom stereocenters. The lowest BCUT2D eigenvalue weighted by Crippen LogP contribution is -2.31. The molecule has 0 amide bonds. The van der Waals surface area contributed by atoms with E-state index in [1.165, 1.54) is 12.8 Å². The van der Waals surface area contributed by atoms with Crippen molar-refractivity contribution < 1.29 is 0 Å². The van der Waals surface area contributed by atoms with Gasteiger partial charge in [0.2, 0.25) is 0 Å². The molecule has 0 saturated carbocycles. The number of rotatable bonds is 4. The molecule has 1 aromatic heterocycles. The molecular formula is C15H20N4O. The fourth-order valence-electron chi connectivity index (χ4n) is 2.61. The lowest BCUT2D eigenvalue weighted by atomic mass is 9.98. The molecule has 5 nitrogen and oxygen atoms in total. The van der Waals surface area contributed by atoms with Gasteiger partial charge in [-0.2, -0.15) is 0 Å². The molecule has 1 aromatic carbocycles. The molecule has 0 unspecified atom stereocenters. The van der Waals surface area contributed by atoms with Crippen molar-refractivity contribution in [3.8, 4) is 5.69 Å². The number of nitrogens with zero attached hydrogens (tertiary/aromatic N) is 1. The summed E-state index contributed by atoms with van der Waals surface area (Å²) in [6, 6.07) is 7.96. The van der Waals surface area contributed by atoms with Crippen molar-refractivity contribution in [2.45, 2.75) is 12.8 Å². The van der Waals surface area contributed by atoms with Crippen LogP contribution in [0.3, 0.4) is 0 Å². The molecule has 3 rings (SSSR count). The third-order valence-electron chi connectivity index (χ3n) is 3.85. The molecule has 0 bridgehead atoms. The third-order valence-corrected chi connectivity index (χ3v) is 3.85. The van der Waals surface area contributed by atoms with Gasteiger partial charge >= 0.3 is 5.69 Å². The van der Waals surface area contributed by atoms with Gasteiger partial charge in [0.05, 0.1) is 5.69 Å². The quantitative estimate of drug-likeness (QED) is 0.792. The Bertz CT molecular complexity index is 593.